The number of hydrogen-bond donors (Lipinski definition) is 0. The molecule has 0 fully saturated rings. The molecule has 0 bridgehead atoms. The van der Waals surface area contributed by atoms with Crippen molar-refractivity contribution in [2.45, 2.75) is 0 Å². The number of hydrogen-bond acceptors (Lipinski definition) is 4. The van der Waals surface area contributed by atoms with Gasteiger partial charge in [0.15, 0.2) is 17.5 Å². The molecule has 2 heterocycles. The molecule has 4 heteroatoms. The largest absolute Gasteiger partial charge is 0.208 e. The summed E-state index contributed by atoms with van der Waals surface area (Å²) in [6.45, 7) is 0. The molecule has 10 aromatic carbocycles. The lowest BCUT2D eigenvalue weighted by atomic mass is 9.92. The van der Waals surface area contributed by atoms with Crippen LogP contribution in [-0.4, -0.2) is 15.0 Å². The summed E-state index contributed by atoms with van der Waals surface area (Å²) >= 11 is 1.79. The zero-order valence-corrected chi connectivity index (χ0v) is 33.8. The maximum absolute atomic E-state index is 5.43. The first kappa shape index (κ1) is 35.2. The van der Waals surface area contributed by atoms with Gasteiger partial charge in [-0.05, 0) is 96.0 Å². The SMILES string of the molecule is c1ccc(-c2ccc3ccc(-c4ccc(-c5nc(-c6c(-c7ccc8ccccc8c7)ccc7ccccc67)nc(-c6cccc7c6sc6ccccc67)n5)cc4)cc3c2)cc1. The van der Waals surface area contributed by atoms with E-state index in [0.29, 0.717) is 17.5 Å². The standard InChI is InChI=1S/C57H35N3S/c1-2-11-36(12-3-1)43-28-23-39-24-29-44(35-46(39)34-43)38-21-26-41(27-22-38)55-58-56(51-19-10-18-50-49-17-8-9-20-52(49)61-54(50)51)60-57(59-55)53-47-16-7-6-14-40(47)31-32-48(53)45-30-25-37-13-4-5-15-42(37)33-45/h1-35H. The lowest BCUT2D eigenvalue weighted by molar-refractivity contribution is 1.08. The molecule has 0 N–H and O–H groups in total. The van der Waals surface area contributed by atoms with E-state index in [1.807, 2.05) is 0 Å². The summed E-state index contributed by atoms with van der Waals surface area (Å²) in [5, 5.41) is 9.50. The van der Waals surface area contributed by atoms with Crippen molar-refractivity contribution >= 4 is 63.8 Å². The Morgan fingerprint density at radius 3 is 1.62 bits per heavy atom. The maximum Gasteiger partial charge on any atom is 0.165 e. The highest BCUT2D eigenvalue weighted by atomic mass is 32.1. The monoisotopic (exact) mass is 793 g/mol. The summed E-state index contributed by atoms with van der Waals surface area (Å²) in [7, 11) is 0. The van der Waals surface area contributed by atoms with Gasteiger partial charge in [0.25, 0.3) is 0 Å². The number of benzene rings is 10. The van der Waals surface area contributed by atoms with Gasteiger partial charge >= 0.3 is 0 Å². The minimum atomic E-state index is 0.632. The van der Waals surface area contributed by atoms with Crippen LogP contribution >= 0.6 is 11.3 Å². The van der Waals surface area contributed by atoms with E-state index in [-0.39, 0.29) is 0 Å². The van der Waals surface area contributed by atoms with Crippen LogP contribution in [-0.2, 0) is 0 Å². The molecule has 0 saturated heterocycles. The van der Waals surface area contributed by atoms with Crippen LogP contribution in [0.5, 0.6) is 0 Å². The lowest BCUT2D eigenvalue weighted by Gasteiger charge is -2.15. The molecule has 0 radical (unpaired) electrons. The number of aromatic nitrogens is 3. The summed E-state index contributed by atoms with van der Waals surface area (Å²) in [4.78, 5) is 16.1. The molecule has 2 aromatic heterocycles. The molecule has 12 aromatic rings. The Labute approximate surface area is 356 Å². The van der Waals surface area contributed by atoms with Crippen molar-refractivity contribution in [3.05, 3.63) is 212 Å². The minimum Gasteiger partial charge on any atom is -0.208 e. The van der Waals surface area contributed by atoms with Crippen LogP contribution in [0.15, 0.2) is 212 Å². The first-order valence-electron chi connectivity index (χ1n) is 20.6. The van der Waals surface area contributed by atoms with E-state index in [2.05, 4.69) is 212 Å². The average Bonchev–Trinajstić information content (AvgIpc) is 3.72. The Balaban J connectivity index is 1.04. The van der Waals surface area contributed by atoms with Crippen LogP contribution < -0.4 is 0 Å². The van der Waals surface area contributed by atoms with Crippen LogP contribution in [0.2, 0.25) is 0 Å². The van der Waals surface area contributed by atoms with E-state index < -0.39 is 0 Å². The molecular formula is C57H35N3S. The van der Waals surface area contributed by atoms with Crippen molar-refractivity contribution in [1.29, 1.82) is 0 Å². The molecule has 0 aliphatic carbocycles. The van der Waals surface area contributed by atoms with Gasteiger partial charge in [0.05, 0.1) is 0 Å². The van der Waals surface area contributed by atoms with Crippen LogP contribution in [0.4, 0.5) is 0 Å². The topological polar surface area (TPSA) is 38.7 Å². The summed E-state index contributed by atoms with van der Waals surface area (Å²) in [6.07, 6.45) is 0. The third-order valence-corrected chi connectivity index (χ3v) is 13.1. The van der Waals surface area contributed by atoms with Gasteiger partial charge in [-0.15, -0.1) is 11.3 Å². The van der Waals surface area contributed by atoms with Crippen molar-refractivity contribution in [3.63, 3.8) is 0 Å². The van der Waals surface area contributed by atoms with E-state index in [1.165, 1.54) is 52.8 Å². The Morgan fingerprint density at radius 2 is 0.820 bits per heavy atom. The number of nitrogens with zero attached hydrogens (tertiary/aromatic N) is 3. The predicted octanol–water partition coefficient (Wildman–Crippen LogP) is 15.7. The quantitative estimate of drug-likeness (QED) is 0.168. The van der Waals surface area contributed by atoms with Crippen molar-refractivity contribution in [2.75, 3.05) is 0 Å². The second-order valence-corrected chi connectivity index (χ2v) is 16.6. The van der Waals surface area contributed by atoms with Crippen LogP contribution in [0, 0.1) is 0 Å². The van der Waals surface area contributed by atoms with Crippen molar-refractivity contribution < 1.29 is 0 Å². The molecule has 284 valence electrons. The highest BCUT2D eigenvalue weighted by Gasteiger charge is 2.21. The number of thiophene rings is 1. The summed E-state index contributed by atoms with van der Waals surface area (Å²) in [5.74, 6) is 1.93. The minimum absolute atomic E-state index is 0.632. The van der Waals surface area contributed by atoms with Crippen LogP contribution in [0.25, 0.3) is 120 Å². The predicted molar refractivity (Wildman–Crippen MR) is 258 cm³/mol. The van der Waals surface area contributed by atoms with Crippen molar-refractivity contribution in [1.82, 2.24) is 15.0 Å². The second kappa shape index (κ2) is 14.5. The third kappa shape index (κ3) is 6.24. The van der Waals surface area contributed by atoms with Gasteiger partial charge in [-0.3, -0.25) is 0 Å². The third-order valence-electron chi connectivity index (χ3n) is 11.9. The first-order valence-corrected chi connectivity index (χ1v) is 21.4. The number of rotatable bonds is 6. The van der Waals surface area contributed by atoms with E-state index in [0.717, 1.165) is 49.7 Å². The van der Waals surface area contributed by atoms with Gasteiger partial charge in [0, 0.05) is 36.9 Å². The fourth-order valence-corrected chi connectivity index (χ4v) is 10.0. The molecule has 0 aliphatic heterocycles. The molecule has 0 amide bonds. The van der Waals surface area contributed by atoms with Crippen molar-refractivity contribution in [2.24, 2.45) is 0 Å². The van der Waals surface area contributed by atoms with E-state index in [1.54, 1.807) is 11.3 Å². The Kier molecular flexibility index (Phi) is 8.36. The Hall–Kier alpha value is -7.79. The molecule has 0 aliphatic rings. The van der Waals surface area contributed by atoms with Gasteiger partial charge in [0.1, 0.15) is 0 Å². The smallest absolute Gasteiger partial charge is 0.165 e. The van der Waals surface area contributed by atoms with Gasteiger partial charge in [-0.25, -0.2) is 15.0 Å². The molecule has 0 unspecified atom stereocenters. The van der Waals surface area contributed by atoms with Crippen LogP contribution in [0.3, 0.4) is 0 Å². The molecule has 3 nitrogen and oxygen atoms in total. The Morgan fingerprint density at radius 1 is 0.279 bits per heavy atom. The number of fused-ring (bicyclic) bond motifs is 6. The lowest BCUT2D eigenvalue weighted by Crippen LogP contribution is -2.02. The fourth-order valence-electron chi connectivity index (χ4n) is 8.82. The van der Waals surface area contributed by atoms with E-state index in [9.17, 15) is 0 Å². The average molecular weight is 794 g/mol. The maximum atomic E-state index is 5.43. The zero-order chi connectivity index (χ0) is 40.3. The molecule has 12 rings (SSSR count). The first-order chi connectivity index (χ1) is 30.2. The molecular weight excluding hydrogens is 759 g/mol. The fraction of sp³-hybridized carbons (Fsp3) is 0. The van der Waals surface area contributed by atoms with Gasteiger partial charge in [-0.2, -0.15) is 0 Å². The highest BCUT2D eigenvalue weighted by Crippen LogP contribution is 2.42. The van der Waals surface area contributed by atoms with Gasteiger partial charge < -0.3 is 0 Å². The summed E-state index contributed by atoms with van der Waals surface area (Å²) in [5.41, 5.74) is 9.83. The molecule has 61 heavy (non-hydrogen) atoms. The van der Waals surface area contributed by atoms with Crippen molar-refractivity contribution in [3.8, 4) is 67.5 Å². The zero-order valence-electron chi connectivity index (χ0n) is 33.0. The molecule has 0 spiro atoms. The highest BCUT2D eigenvalue weighted by molar-refractivity contribution is 7.26. The normalized spacial score (nSPS) is 11.6. The molecule has 0 atom stereocenters. The van der Waals surface area contributed by atoms with E-state index >= 15 is 0 Å². The van der Waals surface area contributed by atoms with E-state index in [4.69, 9.17) is 15.0 Å². The molecule has 0 saturated carbocycles. The summed E-state index contributed by atoms with van der Waals surface area (Å²) in [6, 6.07) is 75.9. The second-order valence-electron chi connectivity index (χ2n) is 15.6. The van der Waals surface area contributed by atoms with Gasteiger partial charge in [0.2, 0.25) is 0 Å². The van der Waals surface area contributed by atoms with Crippen LogP contribution in [0.1, 0.15) is 0 Å². The summed E-state index contributed by atoms with van der Waals surface area (Å²) < 4.78 is 2.41. The van der Waals surface area contributed by atoms with Gasteiger partial charge in [-0.1, -0.05) is 182 Å². The Bertz CT molecular complexity index is 3650.